The first-order chi connectivity index (χ1) is 7.31. The number of nitrogens with zero attached hydrogens (tertiary/aromatic N) is 2. The molecule has 1 heterocycles. The summed E-state index contributed by atoms with van der Waals surface area (Å²) in [4.78, 5) is 15.6. The van der Waals surface area contributed by atoms with Gasteiger partial charge in [-0.1, -0.05) is 30.3 Å². The molecule has 2 rings (SSSR count). The van der Waals surface area contributed by atoms with Crippen molar-refractivity contribution in [1.82, 2.24) is 9.80 Å². The number of carbonyl (C=O) groups excluding carboxylic acids is 1. The molecule has 0 spiro atoms. The predicted octanol–water partition coefficient (Wildman–Crippen LogP) is 1.94. The van der Waals surface area contributed by atoms with Gasteiger partial charge >= 0.3 is 6.03 Å². The molecule has 3 nitrogen and oxygen atoms in total. The van der Waals surface area contributed by atoms with E-state index in [1.54, 1.807) is 0 Å². The van der Waals surface area contributed by atoms with Crippen LogP contribution < -0.4 is 0 Å². The summed E-state index contributed by atoms with van der Waals surface area (Å²) in [6.07, 6.45) is 0. The molecule has 0 unspecified atom stereocenters. The Balaban J connectivity index is 2.00. The third-order valence-corrected chi connectivity index (χ3v) is 2.78. The summed E-state index contributed by atoms with van der Waals surface area (Å²) in [5, 5.41) is 0. The fourth-order valence-electron chi connectivity index (χ4n) is 1.88. The number of likely N-dealkylation sites (N-methyl/N-ethyl adjacent to an activating group) is 1. The highest BCUT2D eigenvalue weighted by atomic mass is 16.2. The fraction of sp³-hybridized carbons (Fsp3) is 0.417. The molecule has 1 aliphatic heterocycles. The highest BCUT2D eigenvalue weighted by Crippen LogP contribution is 2.12. The largest absolute Gasteiger partial charge is 0.323 e. The van der Waals surface area contributed by atoms with Crippen LogP contribution in [0.3, 0.4) is 0 Å². The van der Waals surface area contributed by atoms with Crippen LogP contribution in [-0.2, 0) is 6.54 Å². The van der Waals surface area contributed by atoms with Gasteiger partial charge in [-0.05, 0) is 12.5 Å². The van der Waals surface area contributed by atoms with Gasteiger partial charge in [-0.25, -0.2) is 4.79 Å². The second-order valence-electron chi connectivity index (χ2n) is 3.77. The summed E-state index contributed by atoms with van der Waals surface area (Å²) < 4.78 is 0. The average molecular weight is 204 g/mol. The monoisotopic (exact) mass is 204 g/mol. The Kier molecular flexibility index (Phi) is 2.90. The zero-order valence-electron chi connectivity index (χ0n) is 9.02. The summed E-state index contributed by atoms with van der Waals surface area (Å²) >= 11 is 0. The van der Waals surface area contributed by atoms with Gasteiger partial charge in [0.25, 0.3) is 0 Å². The van der Waals surface area contributed by atoms with Crippen LogP contribution >= 0.6 is 0 Å². The summed E-state index contributed by atoms with van der Waals surface area (Å²) in [6.45, 7) is 5.27. The number of hydrogen-bond donors (Lipinski definition) is 0. The average Bonchev–Trinajstić information content (AvgIpc) is 2.62. The molecule has 2 amide bonds. The Bertz CT molecular complexity index is 337. The molecule has 3 heteroatoms. The van der Waals surface area contributed by atoms with Gasteiger partial charge in [0, 0.05) is 26.2 Å². The normalized spacial score (nSPS) is 16.2. The van der Waals surface area contributed by atoms with E-state index in [0.717, 1.165) is 26.2 Å². The number of rotatable bonds is 3. The lowest BCUT2D eigenvalue weighted by Gasteiger charge is -2.17. The molecule has 0 atom stereocenters. The molecule has 0 N–H and O–H groups in total. The molecular formula is C12H16N2O. The highest BCUT2D eigenvalue weighted by Gasteiger charge is 2.26. The SMILES string of the molecule is CCN1CCN(Cc2ccccc2)C1=O. The minimum atomic E-state index is 0.168. The van der Waals surface area contributed by atoms with Crippen molar-refractivity contribution in [2.75, 3.05) is 19.6 Å². The maximum absolute atomic E-state index is 11.8. The first-order valence-electron chi connectivity index (χ1n) is 5.39. The molecule has 1 aliphatic rings. The van der Waals surface area contributed by atoms with Gasteiger partial charge in [0.05, 0.1) is 0 Å². The van der Waals surface area contributed by atoms with E-state index < -0.39 is 0 Å². The molecule has 0 bridgehead atoms. The molecular weight excluding hydrogens is 188 g/mol. The number of urea groups is 1. The summed E-state index contributed by atoms with van der Waals surface area (Å²) in [5.74, 6) is 0. The number of benzene rings is 1. The minimum Gasteiger partial charge on any atom is -0.323 e. The van der Waals surface area contributed by atoms with Gasteiger partial charge in [-0.3, -0.25) is 0 Å². The summed E-state index contributed by atoms with van der Waals surface area (Å²) in [5.41, 5.74) is 1.20. The van der Waals surface area contributed by atoms with Crippen LogP contribution in [0.15, 0.2) is 30.3 Å². The van der Waals surface area contributed by atoms with Crippen molar-refractivity contribution in [1.29, 1.82) is 0 Å². The lowest BCUT2D eigenvalue weighted by Crippen LogP contribution is -2.31. The van der Waals surface area contributed by atoms with Crippen LogP contribution in [0.5, 0.6) is 0 Å². The van der Waals surface area contributed by atoms with Gasteiger partial charge in [0.2, 0.25) is 0 Å². The molecule has 0 aromatic heterocycles. The molecule has 1 aromatic rings. The third kappa shape index (κ3) is 2.12. The van der Waals surface area contributed by atoms with Gasteiger partial charge < -0.3 is 9.80 Å². The second kappa shape index (κ2) is 4.34. The number of carbonyl (C=O) groups is 1. The van der Waals surface area contributed by atoms with Gasteiger partial charge in [-0.15, -0.1) is 0 Å². The van der Waals surface area contributed by atoms with Crippen molar-refractivity contribution in [3.63, 3.8) is 0 Å². The molecule has 1 saturated heterocycles. The van der Waals surface area contributed by atoms with Crippen molar-refractivity contribution >= 4 is 6.03 Å². The number of hydrogen-bond acceptors (Lipinski definition) is 1. The van der Waals surface area contributed by atoms with Gasteiger partial charge in [0.1, 0.15) is 0 Å². The third-order valence-electron chi connectivity index (χ3n) is 2.78. The zero-order chi connectivity index (χ0) is 10.7. The standard InChI is InChI=1S/C12H16N2O/c1-2-13-8-9-14(12(13)15)10-11-6-4-3-5-7-11/h3-7H,2,8-10H2,1H3. The van der Waals surface area contributed by atoms with E-state index in [1.165, 1.54) is 5.56 Å². The summed E-state index contributed by atoms with van der Waals surface area (Å²) in [6, 6.07) is 10.3. The quantitative estimate of drug-likeness (QED) is 0.738. The smallest absolute Gasteiger partial charge is 0.320 e. The van der Waals surface area contributed by atoms with E-state index in [4.69, 9.17) is 0 Å². The highest BCUT2D eigenvalue weighted by molar-refractivity contribution is 5.76. The lowest BCUT2D eigenvalue weighted by molar-refractivity contribution is 0.192. The van der Waals surface area contributed by atoms with E-state index in [2.05, 4.69) is 12.1 Å². The van der Waals surface area contributed by atoms with Crippen LogP contribution in [-0.4, -0.2) is 35.5 Å². The van der Waals surface area contributed by atoms with Crippen LogP contribution in [0.25, 0.3) is 0 Å². The van der Waals surface area contributed by atoms with Gasteiger partial charge in [0.15, 0.2) is 0 Å². The van der Waals surface area contributed by atoms with E-state index in [9.17, 15) is 4.79 Å². The molecule has 0 aliphatic carbocycles. The molecule has 15 heavy (non-hydrogen) atoms. The number of amides is 2. The minimum absolute atomic E-state index is 0.168. The molecule has 0 saturated carbocycles. The van der Waals surface area contributed by atoms with Crippen LogP contribution in [0.4, 0.5) is 4.79 Å². The van der Waals surface area contributed by atoms with Crippen LogP contribution in [0.1, 0.15) is 12.5 Å². The lowest BCUT2D eigenvalue weighted by atomic mass is 10.2. The van der Waals surface area contributed by atoms with E-state index in [-0.39, 0.29) is 6.03 Å². The maximum atomic E-state index is 11.8. The Labute approximate surface area is 90.3 Å². The van der Waals surface area contributed by atoms with Crippen molar-refractivity contribution in [3.05, 3.63) is 35.9 Å². The Morgan fingerprint density at radius 2 is 1.80 bits per heavy atom. The van der Waals surface area contributed by atoms with E-state index >= 15 is 0 Å². The van der Waals surface area contributed by atoms with Crippen molar-refractivity contribution in [2.45, 2.75) is 13.5 Å². The Hall–Kier alpha value is -1.51. The topological polar surface area (TPSA) is 23.6 Å². The molecule has 1 aromatic carbocycles. The van der Waals surface area contributed by atoms with Crippen molar-refractivity contribution in [2.24, 2.45) is 0 Å². The van der Waals surface area contributed by atoms with Crippen LogP contribution in [0.2, 0.25) is 0 Å². The zero-order valence-corrected chi connectivity index (χ0v) is 9.02. The van der Waals surface area contributed by atoms with Crippen molar-refractivity contribution < 1.29 is 4.79 Å². The molecule has 0 radical (unpaired) electrons. The maximum Gasteiger partial charge on any atom is 0.320 e. The fourth-order valence-corrected chi connectivity index (χ4v) is 1.88. The first kappa shape index (κ1) is 10.0. The molecule has 80 valence electrons. The Morgan fingerprint density at radius 1 is 1.13 bits per heavy atom. The van der Waals surface area contributed by atoms with Gasteiger partial charge in [-0.2, -0.15) is 0 Å². The summed E-state index contributed by atoms with van der Waals surface area (Å²) in [7, 11) is 0. The molecule has 1 fully saturated rings. The predicted molar refractivity (Wildman–Crippen MR) is 59.5 cm³/mol. The first-order valence-corrected chi connectivity index (χ1v) is 5.39. The van der Waals surface area contributed by atoms with E-state index in [1.807, 2.05) is 34.9 Å². The Morgan fingerprint density at radius 3 is 2.40 bits per heavy atom. The van der Waals surface area contributed by atoms with Crippen LogP contribution in [0, 0.1) is 0 Å². The second-order valence-corrected chi connectivity index (χ2v) is 3.77. The van der Waals surface area contributed by atoms with E-state index in [0.29, 0.717) is 0 Å². The van der Waals surface area contributed by atoms with Crippen molar-refractivity contribution in [3.8, 4) is 0 Å².